The van der Waals surface area contributed by atoms with Crippen molar-refractivity contribution in [1.29, 1.82) is 0 Å². The van der Waals surface area contributed by atoms with Gasteiger partial charge in [-0.25, -0.2) is 4.39 Å². The van der Waals surface area contributed by atoms with Gasteiger partial charge in [0.15, 0.2) is 17.5 Å². The Morgan fingerprint density at radius 2 is 1.75 bits per heavy atom. The van der Waals surface area contributed by atoms with Gasteiger partial charge in [0.25, 0.3) is 0 Å². The van der Waals surface area contributed by atoms with Crippen LogP contribution in [0.1, 0.15) is 11.1 Å². The van der Waals surface area contributed by atoms with Crippen LogP contribution in [0.3, 0.4) is 0 Å². The highest BCUT2D eigenvalue weighted by Gasteiger charge is 2.13. The van der Waals surface area contributed by atoms with Crippen LogP contribution in [0, 0.1) is 5.82 Å². The molecule has 8 heteroatoms. The fraction of sp³-hybridized carbons (Fsp3) is 0.350. The Balaban J connectivity index is 1.97. The number of ether oxygens (including phenoxy) is 3. The van der Waals surface area contributed by atoms with Crippen LogP contribution in [-0.2, 0) is 13.0 Å². The van der Waals surface area contributed by atoms with Crippen LogP contribution in [0.5, 0.6) is 17.2 Å². The monoisotopic (exact) mass is 409 g/mol. The highest BCUT2D eigenvalue weighted by Crippen LogP contribution is 2.38. The molecule has 152 valence electrons. The molecular formula is C20H25ClFN3O3. The van der Waals surface area contributed by atoms with Gasteiger partial charge in [-0.3, -0.25) is 4.99 Å². The van der Waals surface area contributed by atoms with Crippen molar-refractivity contribution in [3.05, 3.63) is 52.3 Å². The maximum atomic E-state index is 13.8. The van der Waals surface area contributed by atoms with E-state index in [2.05, 4.69) is 15.6 Å². The molecule has 0 radical (unpaired) electrons. The third kappa shape index (κ3) is 5.42. The molecule has 6 nitrogen and oxygen atoms in total. The summed E-state index contributed by atoms with van der Waals surface area (Å²) < 4.78 is 29.9. The maximum absolute atomic E-state index is 13.8. The standard InChI is InChI=1S/C20H25ClFN3O3/c1-23-20(24-9-8-14-15(21)6-5-7-16(14)22)25-12-13-10-17(26-2)19(28-4)18(11-13)27-3/h5-7,10-11H,8-9,12H2,1-4H3,(H2,23,24,25). The van der Waals surface area contributed by atoms with Gasteiger partial charge in [-0.15, -0.1) is 0 Å². The molecule has 2 N–H and O–H groups in total. The normalized spacial score (nSPS) is 11.1. The molecule has 0 saturated heterocycles. The second-order valence-corrected chi connectivity index (χ2v) is 6.24. The summed E-state index contributed by atoms with van der Waals surface area (Å²) in [6.45, 7) is 0.965. The van der Waals surface area contributed by atoms with E-state index in [0.29, 0.717) is 53.3 Å². The first-order chi connectivity index (χ1) is 13.5. The zero-order valence-electron chi connectivity index (χ0n) is 16.4. The molecule has 0 aliphatic heterocycles. The summed E-state index contributed by atoms with van der Waals surface area (Å²) in [4.78, 5) is 4.18. The molecule has 2 aromatic rings. The van der Waals surface area contributed by atoms with Crippen molar-refractivity contribution >= 4 is 17.6 Å². The van der Waals surface area contributed by atoms with Crippen LogP contribution in [0.25, 0.3) is 0 Å². The lowest BCUT2D eigenvalue weighted by atomic mass is 10.1. The third-order valence-corrected chi connectivity index (χ3v) is 4.49. The lowest BCUT2D eigenvalue weighted by molar-refractivity contribution is 0.323. The molecule has 0 heterocycles. The summed E-state index contributed by atoms with van der Waals surface area (Å²) in [6, 6.07) is 8.39. The van der Waals surface area contributed by atoms with Gasteiger partial charge in [0.2, 0.25) is 5.75 Å². The Bertz CT molecular complexity index is 785. The number of benzene rings is 2. The summed E-state index contributed by atoms with van der Waals surface area (Å²) in [5.41, 5.74) is 1.41. The summed E-state index contributed by atoms with van der Waals surface area (Å²) in [7, 11) is 6.37. The molecule has 2 aromatic carbocycles. The second kappa shape index (κ2) is 10.6. The van der Waals surface area contributed by atoms with Crippen LogP contribution in [0.4, 0.5) is 4.39 Å². The van der Waals surface area contributed by atoms with Crippen molar-refractivity contribution in [3.8, 4) is 17.2 Å². The molecule has 0 spiro atoms. The summed E-state index contributed by atoms with van der Waals surface area (Å²) >= 11 is 6.05. The van der Waals surface area contributed by atoms with E-state index in [9.17, 15) is 4.39 Å². The summed E-state index contributed by atoms with van der Waals surface area (Å²) in [5, 5.41) is 6.77. The van der Waals surface area contributed by atoms with E-state index in [1.54, 1.807) is 40.5 Å². The predicted octanol–water partition coefficient (Wildman–Crippen LogP) is 3.41. The van der Waals surface area contributed by atoms with E-state index in [0.717, 1.165) is 5.56 Å². The van der Waals surface area contributed by atoms with Gasteiger partial charge in [-0.1, -0.05) is 17.7 Å². The Morgan fingerprint density at radius 3 is 2.29 bits per heavy atom. The molecule has 0 fully saturated rings. The van der Waals surface area contributed by atoms with E-state index >= 15 is 0 Å². The fourth-order valence-corrected chi connectivity index (χ4v) is 2.98. The third-order valence-electron chi connectivity index (χ3n) is 4.14. The number of guanidine groups is 1. The van der Waals surface area contributed by atoms with E-state index in [4.69, 9.17) is 25.8 Å². The minimum Gasteiger partial charge on any atom is -0.493 e. The molecule has 0 aromatic heterocycles. The zero-order valence-corrected chi connectivity index (χ0v) is 17.2. The van der Waals surface area contributed by atoms with Gasteiger partial charge >= 0.3 is 0 Å². The van der Waals surface area contributed by atoms with E-state index in [-0.39, 0.29) is 5.82 Å². The molecule has 0 saturated carbocycles. The minimum absolute atomic E-state index is 0.310. The van der Waals surface area contributed by atoms with Gasteiger partial charge in [0, 0.05) is 30.7 Å². The van der Waals surface area contributed by atoms with Crippen LogP contribution in [-0.4, -0.2) is 40.9 Å². The second-order valence-electron chi connectivity index (χ2n) is 5.84. The molecule has 28 heavy (non-hydrogen) atoms. The number of methoxy groups -OCH3 is 3. The highest BCUT2D eigenvalue weighted by atomic mass is 35.5. The van der Waals surface area contributed by atoms with Crippen LogP contribution >= 0.6 is 11.6 Å². The van der Waals surface area contributed by atoms with E-state index < -0.39 is 0 Å². The number of nitrogens with one attached hydrogen (secondary N) is 2. The first kappa shape index (κ1) is 21.6. The summed E-state index contributed by atoms with van der Waals surface area (Å²) in [6.07, 6.45) is 0.441. The minimum atomic E-state index is -0.310. The van der Waals surface area contributed by atoms with Crippen LogP contribution < -0.4 is 24.8 Å². The Hall–Kier alpha value is -2.67. The molecule has 0 amide bonds. The topological polar surface area (TPSA) is 64.1 Å². The Morgan fingerprint density at radius 1 is 1.07 bits per heavy atom. The molecule has 0 aliphatic rings. The lowest BCUT2D eigenvalue weighted by Gasteiger charge is -2.16. The zero-order chi connectivity index (χ0) is 20.5. The smallest absolute Gasteiger partial charge is 0.203 e. The Labute approximate surface area is 169 Å². The molecular weight excluding hydrogens is 385 g/mol. The molecule has 2 rings (SSSR count). The number of rotatable bonds is 8. The first-order valence-corrected chi connectivity index (χ1v) is 9.08. The Kier molecular flexibility index (Phi) is 8.19. The van der Waals surface area contributed by atoms with Crippen molar-refractivity contribution in [2.45, 2.75) is 13.0 Å². The summed E-state index contributed by atoms with van der Waals surface area (Å²) in [5.74, 6) is 1.97. The average Bonchev–Trinajstić information content (AvgIpc) is 2.71. The molecule has 0 aliphatic carbocycles. The van der Waals surface area contributed by atoms with Gasteiger partial charge < -0.3 is 24.8 Å². The number of nitrogens with zero attached hydrogens (tertiary/aromatic N) is 1. The number of hydrogen-bond donors (Lipinski definition) is 2. The van der Waals surface area contributed by atoms with Crippen LogP contribution in [0.2, 0.25) is 5.02 Å². The van der Waals surface area contributed by atoms with Gasteiger partial charge in [-0.05, 0) is 36.2 Å². The SMILES string of the molecule is CN=C(NCCc1c(F)cccc1Cl)NCc1cc(OC)c(OC)c(OC)c1. The van der Waals surface area contributed by atoms with Crippen molar-refractivity contribution in [1.82, 2.24) is 10.6 Å². The van der Waals surface area contributed by atoms with Gasteiger partial charge in [-0.2, -0.15) is 0 Å². The van der Waals surface area contributed by atoms with Crippen molar-refractivity contribution in [2.75, 3.05) is 34.9 Å². The first-order valence-electron chi connectivity index (χ1n) is 8.70. The molecule has 0 bridgehead atoms. The van der Waals surface area contributed by atoms with Gasteiger partial charge in [0.1, 0.15) is 5.82 Å². The quantitative estimate of drug-likeness (QED) is 0.516. The number of aliphatic imine (C=N–C) groups is 1. The van der Waals surface area contributed by atoms with Gasteiger partial charge in [0.05, 0.1) is 21.3 Å². The van der Waals surface area contributed by atoms with E-state index in [1.165, 1.54) is 6.07 Å². The average molecular weight is 410 g/mol. The maximum Gasteiger partial charge on any atom is 0.203 e. The van der Waals surface area contributed by atoms with Crippen molar-refractivity contribution in [2.24, 2.45) is 4.99 Å². The number of hydrogen-bond acceptors (Lipinski definition) is 4. The van der Waals surface area contributed by atoms with Crippen molar-refractivity contribution in [3.63, 3.8) is 0 Å². The predicted molar refractivity (Wildman–Crippen MR) is 109 cm³/mol. The van der Waals surface area contributed by atoms with E-state index in [1.807, 2.05) is 12.1 Å². The fourth-order valence-electron chi connectivity index (χ4n) is 2.72. The largest absolute Gasteiger partial charge is 0.493 e. The number of halogens is 2. The molecule has 0 atom stereocenters. The van der Waals surface area contributed by atoms with Crippen LogP contribution in [0.15, 0.2) is 35.3 Å². The lowest BCUT2D eigenvalue weighted by Crippen LogP contribution is -2.38. The molecule has 0 unspecified atom stereocenters. The highest BCUT2D eigenvalue weighted by molar-refractivity contribution is 6.31. The van der Waals surface area contributed by atoms with Crippen molar-refractivity contribution < 1.29 is 18.6 Å².